The Balaban J connectivity index is 1.29. The molecule has 0 radical (unpaired) electrons. The topological polar surface area (TPSA) is 29.5 Å². The van der Waals surface area contributed by atoms with Crippen molar-refractivity contribution < 1.29 is 13.7 Å². The van der Waals surface area contributed by atoms with E-state index in [2.05, 4.69) is 128 Å². The molecule has 0 saturated carbocycles. The summed E-state index contributed by atoms with van der Waals surface area (Å²) in [6.45, 7) is 2.95. The number of hydrogen-bond acceptors (Lipinski definition) is 3. The zero-order valence-corrected chi connectivity index (χ0v) is 22.0. The van der Waals surface area contributed by atoms with Crippen LogP contribution in [0.3, 0.4) is 0 Å². The molecule has 188 valence electrons. The number of benzene rings is 4. The molecule has 0 amide bonds. The first-order valence-electron chi connectivity index (χ1n) is 13.1. The summed E-state index contributed by atoms with van der Waals surface area (Å²) in [6.07, 6.45) is 5.09. The van der Waals surface area contributed by atoms with Crippen molar-refractivity contribution in [1.82, 2.24) is 4.90 Å². The molecule has 6 rings (SSSR count). The van der Waals surface area contributed by atoms with Gasteiger partial charge in [0.15, 0.2) is 5.88 Å². The molecule has 4 aromatic carbocycles. The fraction of sp³-hybridized carbons (Fsp3) is 0.147. The molecule has 0 bridgehead atoms. The number of aromatic nitrogens is 1. The van der Waals surface area contributed by atoms with E-state index < -0.39 is 0 Å². The van der Waals surface area contributed by atoms with Crippen LogP contribution in [0.1, 0.15) is 24.8 Å². The maximum Gasteiger partial charge on any atom is 0.374 e. The average Bonchev–Trinajstić information content (AvgIpc) is 3.27. The highest BCUT2D eigenvalue weighted by Crippen LogP contribution is 2.33. The maximum absolute atomic E-state index is 6.37. The molecule has 0 N–H and O–H groups in total. The summed E-state index contributed by atoms with van der Waals surface area (Å²) in [5.74, 6) is 2.56. The van der Waals surface area contributed by atoms with Crippen LogP contribution in [0.15, 0.2) is 119 Å². The lowest BCUT2D eigenvalue weighted by molar-refractivity contribution is -0.652. The smallest absolute Gasteiger partial charge is 0.374 e. The molecule has 2 heterocycles. The minimum atomic E-state index is 0.791. The van der Waals surface area contributed by atoms with E-state index >= 15 is 0 Å². The molecule has 0 atom stereocenters. The molecule has 1 aliphatic rings. The highest BCUT2D eigenvalue weighted by molar-refractivity contribution is 5.78. The Kier molecular flexibility index (Phi) is 6.30. The summed E-state index contributed by atoms with van der Waals surface area (Å²) in [5.41, 5.74) is 9.04. The molecule has 1 aromatic heterocycles. The number of hydrogen-bond donors (Lipinski definition) is 0. The van der Waals surface area contributed by atoms with E-state index in [1.165, 1.54) is 27.8 Å². The van der Waals surface area contributed by atoms with E-state index in [1.54, 1.807) is 0 Å². The van der Waals surface area contributed by atoms with Gasteiger partial charge in [-0.15, -0.1) is 0 Å². The number of oxazole rings is 1. The van der Waals surface area contributed by atoms with Gasteiger partial charge in [-0.25, -0.2) is 0 Å². The second kappa shape index (κ2) is 10.1. The minimum Gasteiger partial charge on any atom is -0.441 e. The van der Waals surface area contributed by atoms with Crippen molar-refractivity contribution in [2.45, 2.75) is 19.9 Å². The first-order chi connectivity index (χ1) is 18.6. The average molecular weight is 500 g/mol. The van der Waals surface area contributed by atoms with E-state index in [0.29, 0.717) is 0 Å². The van der Waals surface area contributed by atoms with Crippen LogP contribution in [0, 0.1) is 0 Å². The Morgan fingerprint density at radius 1 is 0.842 bits per heavy atom. The van der Waals surface area contributed by atoms with Crippen molar-refractivity contribution in [2.24, 2.45) is 7.05 Å². The van der Waals surface area contributed by atoms with E-state index in [4.69, 9.17) is 9.15 Å². The lowest BCUT2D eigenvalue weighted by Crippen LogP contribution is -2.29. The second-order valence-corrected chi connectivity index (χ2v) is 9.75. The molecule has 0 aliphatic carbocycles. The third-order valence-corrected chi connectivity index (χ3v) is 7.16. The van der Waals surface area contributed by atoms with Crippen LogP contribution in [0.25, 0.3) is 39.4 Å². The van der Waals surface area contributed by atoms with E-state index in [0.717, 1.165) is 47.2 Å². The Labute approximate surface area is 223 Å². The van der Waals surface area contributed by atoms with Crippen molar-refractivity contribution in [2.75, 3.05) is 7.05 Å². The normalized spacial score (nSPS) is 14.6. The Morgan fingerprint density at radius 3 is 2.18 bits per heavy atom. The fourth-order valence-corrected chi connectivity index (χ4v) is 4.94. The Morgan fingerprint density at radius 2 is 1.50 bits per heavy atom. The molecule has 38 heavy (non-hydrogen) atoms. The van der Waals surface area contributed by atoms with Crippen LogP contribution in [-0.4, -0.2) is 11.9 Å². The fourth-order valence-electron chi connectivity index (χ4n) is 4.94. The van der Waals surface area contributed by atoms with Crippen molar-refractivity contribution in [1.29, 1.82) is 0 Å². The molecular formula is C34H31N2O2+. The SMILES string of the molecule is CCC(=C\c1oc2ccc(-c3ccccc3)cc2[n+]1C)/C=C1/Oc2ccc(-c3ccccc3)cc2CN1C. The van der Waals surface area contributed by atoms with E-state index in [-0.39, 0.29) is 0 Å². The molecule has 1 aliphatic heterocycles. The number of allylic oxidation sites excluding steroid dienone is 2. The molecule has 0 saturated heterocycles. The maximum atomic E-state index is 6.37. The van der Waals surface area contributed by atoms with Crippen molar-refractivity contribution in [3.63, 3.8) is 0 Å². The summed E-state index contributed by atoms with van der Waals surface area (Å²) >= 11 is 0. The highest BCUT2D eigenvalue weighted by atomic mass is 16.5. The monoisotopic (exact) mass is 499 g/mol. The summed E-state index contributed by atoms with van der Waals surface area (Å²) in [5, 5.41) is 0. The number of nitrogens with zero attached hydrogens (tertiary/aromatic N) is 2. The number of aryl methyl sites for hydroxylation is 1. The Bertz CT molecular complexity index is 1660. The summed E-state index contributed by atoms with van der Waals surface area (Å²) in [4.78, 5) is 2.16. The molecule has 0 spiro atoms. The van der Waals surface area contributed by atoms with Crippen LogP contribution >= 0.6 is 0 Å². The summed E-state index contributed by atoms with van der Waals surface area (Å²) < 4.78 is 14.7. The molecule has 4 heteroatoms. The van der Waals surface area contributed by atoms with Gasteiger partial charge in [-0.1, -0.05) is 79.7 Å². The molecular weight excluding hydrogens is 468 g/mol. The number of ether oxygens (including phenoxy) is 1. The van der Waals surface area contributed by atoms with Crippen molar-refractivity contribution >= 4 is 17.2 Å². The number of fused-ring (bicyclic) bond motifs is 2. The van der Waals surface area contributed by atoms with Gasteiger partial charge < -0.3 is 14.1 Å². The van der Waals surface area contributed by atoms with Gasteiger partial charge in [-0.05, 0) is 52.4 Å². The van der Waals surface area contributed by atoms with Gasteiger partial charge in [0.1, 0.15) is 12.8 Å². The van der Waals surface area contributed by atoms with E-state index in [1.807, 2.05) is 12.1 Å². The standard InChI is InChI=1S/C34H31N2O2/c1-4-24(20-34-36(3)30-22-28(16-18-32(30)38-34)26-13-9-6-10-14-26)19-33-35(2)23-29-21-27(15-17-31(29)37-33)25-11-7-5-8-12-25/h5-22H,4,23H2,1-3H3/q+1. The van der Waals surface area contributed by atoms with Crippen LogP contribution in [0.2, 0.25) is 0 Å². The van der Waals surface area contributed by atoms with Gasteiger partial charge in [0.05, 0.1) is 6.08 Å². The van der Waals surface area contributed by atoms with Crippen LogP contribution in [0.5, 0.6) is 5.75 Å². The first-order valence-corrected chi connectivity index (χ1v) is 13.1. The van der Waals surface area contributed by atoms with Crippen LogP contribution in [0.4, 0.5) is 0 Å². The third kappa shape index (κ3) is 4.61. The zero-order chi connectivity index (χ0) is 26.1. The van der Waals surface area contributed by atoms with Crippen LogP contribution in [-0.2, 0) is 13.6 Å². The predicted molar refractivity (Wildman–Crippen MR) is 153 cm³/mol. The molecule has 0 fully saturated rings. The highest BCUT2D eigenvalue weighted by Gasteiger charge is 2.22. The van der Waals surface area contributed by atoms with Gasteiger partial charge in [-0.2, -0.15) is 4.57 Å². The quantitative estimate of drug-likeness (QED) is 0.232. The first kappa shape index (κ1) is 23.8. The van der Waals surface area contributed by atoms with Crippen molar-refractivity contribution in [3.05, 3.63) is 126 Å². The second-order valence-electron chi connectivity index (χ2n) is 9.75. The van der Waals surface area contributed by atoms with Gasteiger partial charge in [0, 0.05) is 31.3 Å². The lowest BCUT2D eigenvalue weighted by Gasteiger charge is -2.30. The third-order valence-electron chi connectivity index (χ3n) is 7.16. The van der Waals surface area contributed by atoms with Gasteiger partial charge in [0.2, 0.25) is 5.58 Å². The van der Waals surface area contributed by atoms with Crippen molar-refractivity contribution in [3.8, 4) is 28.0 Å². The summed E-state index contributed by atoms with van der Waals surface area (Å²) in [6, 6.07) is 33.7. The molecule has 5 aromatic rings. The van der Waals surface area contributed by atoms with Gasteiger partial charge >= 0.3 is 5.89 Å². The molecule has 4 nitrogen and oxygen atoms in total. The van der Waals surface area contributed by atoms with Crippen LogP contribution < -0.4 is 9.30 Å². The lowest BCUT2D eigenvalue weighted by atomic mass is 10.0. The zero-order valence-electron chi connectivity index (χ0n) is 22.0. The Hall–Kier alpha value is -4.57. The number of rotatable bonds is 5. The van der Waals surface area contributed by atoms with Gasteiger partial charge in [0.25, 0.3) is 5.52 Å². The minimum absolute atomic E-state index is 0.791. The van der Waals surface area contributed by atoms with Gasteiger partial charge in [-0.3, -0.25) is 0 Å². The largest absolute Gasteiger partial charge is 0.441 e. The van der Waals surface area contributed by atoms with E-state index in [9.17, 15) is 0 Å². The summed E-state index contributed by atoms with van der Waals surface area (Å²) in [7, 11) is 4.13. The predicted octanol–water partition coefficient (Wildman–Crippen LogP) is 7.75. The molecule has 0 unspecified atom stereocenters.